The smallest absolute Gasteiger partial charge is 0.323 e. The van der Waals surface area contributed by atoms with Crippen molar-refractivity contribution < 1.29 is 9.53 Å². The van der Waals surface area contributed by atoms with E-state index in [9.17, 15) is 4.79 Å². The lowest BCUT2D eigenvalue weighted by atomic mass is 10.0. The molecule has 1 atom stereocenters. The van der Waals surface area contributed by atoms with Gasteiger partial charge < -0.3 is 4.74 Å². The molecular formula is C17H25NO2. The zero-order valence-corrected chi connectivity index (χ0v) is 12.8. The Bertz CT molecular complexity index is 439. The van der Waals surface area contributed by atoms with Crippen LogP contribution in [0, 0.1) is 0 Å². The third kappa shape index (κ3) is 3.60. The Morgan fingerprint density at radius 3 is 2.65 bits per heavy atom. The number of likely N-dealkylation sites (tertiary alicyclic amines) is 1. The summed E-state index contributed by atoms with van der Waals surface area (Å²) in [6, 6.07) is 8.68. The summed E-state index contributed by atoms with van der Waals surface area (Å²) < 4.78 is 5.16. The van der Waals surface area contributed by atoms with Crippen molar-refractivity contribution in [1.29, 1.82) is 0 Å². The molecule has 1 heterocycles. The number of hydrogen-bond donors (Lipinski definition) is 0. The third-order valence-corrected chi connectivity index (χ3v) is 3.95. The highest BCUT2D eigenvalue weighted by Gasteiger charge is 2.31. The van der Waals surface area contributed by atoms with Crippen molar-refractivity contribution in [2.24, 2.45) is 0 Å². The molecule has 1 aromatic carbocycles. The van der Waals surface area contributed by atoms with Gasteiger partial charge in [0.2, 0.25) is 0 Å². The van der Waals surface area contributed by atoms with E-state index in [2.05, 4.69) is 43.0 Å². The average molecular weight is 275 g/mol. The monoisotopic (exact) mass is 275 g/mol. The molecule has 0 N–H and O–H groups in total. The Balaban J connectivity index is 1.99. The van der Waals surface area contributed by atoms with Crippen molar-refractivity contribution in [3.8, 4) is 0 Å². The molecule has 2 rings (SSSR count). The van der Waals surface area contributed by atoms with Crippen molar-refractivity contribution in [3.05, 3.63) is 35.4 Å². The number of nitrogens with zero attached hydrogens (tertiary/aromatic N) is 1. The highest BCUT2D eigenvalue weighted by molar-refractivity contribution is 5.76. The molecule has 0 saturated carbocycles. The summed E-state index contributed by atoms with van der Waals surface area (Å²) in [6.07, 6.45) is 2.00. The van der Waals surface area contributed by atoms with Gasteiger partial charge in [-0.2, -0.15) is 0 Å². The van der Waals surface area contributed by atoms with E-state index < -0.39 is 0 Å². The van der Waals surface area contributed by atoms with Gasteiger partial charge in [0.1, 0.15) is 6.04 Å². The number of carbonyl (C=O) groups is 1. The molecule has 1 fully saturated rings. The Labute approximate surface area is 121 Å². The zero-order chi connectivity index (χ0) is 14.5. The summed E-state index contributed by atoms with van der Waals surface area (Å²) in [5, 5.41) is 0. The molecule has 1 aliphatic rings. The SMILES string of the molecule is CCOC(=O)C1CCCN1Cc1ccc(C(C)C)cc1. The second kappa shape index (κ2) is 6.89. The van der Waals surface area contributed by atoms with Gasteiger partial charge in [0, 0.05) is 6.54 Å². The lowest BCUT2D eigenvalue weighted by molar-refractivity contribution is -0.148. The Morgan fingerprint density at radius 2 is 2.05 bits per heavy atom. The van der Waals surface area contributed by atoms with Crippen molar-refractivity contribution in [2.75, 3.05) is 13.2 Å². The van der Waals surface area contributed by atoms with Crippen molar-refractivity contribution in [3.63, 3.8) is 0 Å². The normalized spacial score (nSPS) is 19.5. The van der Waals surface area contributed by atoms with Crippen LogP contribution in [-0.2, 0) is 16.1 Å². The minimum atomic E-state index is -0.0659. The van der Waals surface area contributed by atoms with E-state index in [1.165, 1.54) is 11.1 Å². The van der Waals surface area contributed by atoms with Crippen LogP contribution in [0.15, 0.2) is 24.3 Å². The fraction of sp³-hybridized carbons (Fsp3) is 0.588. The van der Waals surface area contributed by atoms with Gasteiger partial charge in [-0.15, -0.1) is 0 Å². The molecule has 0 spiro atoms. The quantitative estimate of drug-likeness (QED) is 0.772. The summed E-state index contributed by atoms with van der Waals surface area (Å²) >= 11 is 0. The van der Waals surface area contributed by atoms with Crippen LogP contribution in [0.4, 0.5) is 0 Å². The van der Waals surface area contributed by atoms with Crippen LogP contribution in [0.3, 0.4) is 0 Å². The summed E-state index contributed by atoms with van der Waals surface area (Å²) in [5.41, 5.74) is 2.63. The molecule has 0 bridgehead atoms. The highest BCUT2D eigenvalue weighted by Crippen LogP contribution is 2.22. The lowest BCUT2D eigenvalue weighted by Crippen LogP contribution is -2.36. The van der Waals surface area contributed by atoms with E-state index in [1.54, 1.807) is 0 Å². The van der Waals surface area contributed by atoms with Crippen LogP contribution >= 0.6 is 0 Å². The Morgan fingerprint density at radius 1 is 1.35 bits per heavy atom. The maximum absolute atomic E-state index is 11.9. The molecule has 0 aromatic heterocycles. The zero-order valence-electron chi connectivity index (χ0n) is 12.8. The van der Waals surface area contributed by atoms with E-state index in [0.717, 1.165) is 25.9 Å². The van der Waals surface area contributed by atoms with E-state index in [0.29, 0.717) is 12.5 Å². The topological polar surface area (TPSA) is 29.5 Å². The van der Waals surface area contributed by atoms with Crippen LogP contribution in [-0.4, -0.2) is 30.1 Å². The molecule has 1 unspecified atom stereocenters. The van der Waals surface area contributed by atoms with Crippen LogP contribution < -0.4 is 0 Å². The van der Waals surface area contributed by atoms with Crippen molar-refractivity contribution in [2.45, 2.75) is 52.1 Å². The summed E-state index contributed by atoms with van der Waals surface area (Å²) in [4.78, 5) is 14.2. The molecule has 1 aliphatic heterocycles. The maximum atomic E-state index is 11.9. The number of ether oxygens (including phenoxy) is 1. The fourth-order valence-corrected chi connectivity index (χ4v) is 2.76. The molecule has 0 aliphatic carbocycles. The predicted molar refractivity (Wildman–Crippen MR) is 80.6 cm³/mol. The summed E-state index contributed by atoms with van der Waals surface area (Å²) in [6.45, 7) is 8.55. The first-order chi connectivity index (χ1) is 9.61. The van der Waals surface area contributed by atoms with Crippen LogP contribution in [0.1, 0.15) is 50.7 Å². The molecule has 1 saturated heterocycles. The average Bonchev–Trinajstić information content (AvgIpc) is 2.88. The summed E-state index contributed by atoms with van der Waals surface area (Å²) in [7, 11) is 0. The van der Waals surface area contributed by atoms with E-state index in [4.69, 9.17) is 4.74 Å². The lowest BCUT2D eigenvalue weighted by Gasteiger charge is -2.23. The van der Waals surface area contributed by atoms with Gasteiger partial charge in [-0.3, -0.25) is 9.69 Å². The van der Waals surface area contributed by atoms with E-state index in [1.807, 2.05) is 6.92 Å². The Hall–Kier alpha value is -1.35. The predicted octanol–water partition coefficient (Wildman–Crippen LogP) is 3.34. The van der Waals surface area contributed by atoms with Gasteiger partial charge in [0.05, 0.1) is 6.61 Å². The third-order valence-electron chi connectivity index (χ3n) is 3.95. The summed E-state index contributed by atoms with van der Waals surface area (Å²) in [5.74, 6) is 0.493. The van der Waals surface area contributed by atoms with Gasteiger partial charge in [0.25, 0.3) is 0 Å². The molecule has 20 heavy (non-hydrogen) atoms. The molecule has 0 amide bonds. The molecule has 1 aromatic rings. The Kier molecular flexibility index (Phi) is 5.18. The number of rotatable bonds is 5. The van der Waals surface area contributed by atoms with Crippen molar-refractivity contribution >= 4 is 5.97 Å². The molecule has 110 valence electrons. The number of carbonyl (C=O) groups excluding carboxylic acids is 1. The van der Waals surface area contributed by atoms with E-state index in [-0.39, 0.29) is 12.0 Å². The minimum absolute atomic E-state index is 0.0558. The van der Waals surface area contributed by atoms with Gasteiger partial charge in [0.15, 0.2) is 0 Å². The standard InChI is InChI=1S/C17H25NO2/c1-4-20-17(19)16-6-5-11-18(16)12-14-7-9-15(10-8-14)13(2)3/h7-10,13,16H,4-6,11-12H2,1-3H3. The number of hydrogen-bond acceptors (Lipinski definition) is 3. The van der Waals surface area contributed by atoms with Crippen molar-refractivity contribution in [1.82, 2.24) is 4.90 Å². The van der Waals surface area contributed by atoms with Gasteiger partial charge in [-0.25, -0.2) is 0 Å². The van der Waals surface area contributed by atoms with Gasteiger partial charge >= 0.3 is 5.97 Å². The fourth-order valence-electron chi connectivity index (χ4n) is 2.76. The largest absolute Gasteiger partial charge is 0.465 e. The first kappa shape index (κ1) is 15.0. The van der Waals surface area contributed by atoms with Gasteiger partial charge in [-0.1, -0.05) is 38.1 Å². The number of esters is 1. The number of benzene rings is 1. The van der Waals surface area contributed by atoms with Crippen LogP contribution in [0.25, 0.3) is 0 Å². The molecule has 0 radical (unpaired) electrons. The maximum Gasteiger partial charge on any atom is 0.323 e. The minimum Gasteiger partial charge on any atom is -0.465 e. The van der Waals surface area contributed by atoms with Crippen LogP contribution in [0.2, 0.25) is 0 Å². The molecular weight excluding hydrogens is 250 g/mol. The first-order valence-corrected chi connectivity index (χ1v) is 7.61. The van der Waals surface area contributed by atoms with Gasteiger partial charge in [-0.05, 0) is 43.4 Å². The second-order valence-corrected chi connectivity index (χ2v) is 5.78. The van der Waals surface area contributed by atoms with Crippen LogP contribution in [0.5, 0.6) is 0 Å². The second-order valence-electron chi connectivity index (χ2n) is 5.78. The highest BCUT2D eigenvalue weighted by atomic mass is 16.5. The first-order valence-electron chi connectivity index (χ1n) is 7.61. The molecule has 3 heteroatoms. The van der Waals surface area contributed by atoms with E-state index >= 15 is 0 Å². The molecule has 3 nitrogen and oxygen atoms in total.